The highest BCUT2D eigenvalue weighted by Gasteiger charge is 2.11. The van der Waals surface area contributed by atoms with Crippen LogP contribution in [0.4, 0.5) is 5.69 Å². The number of aryl methyl sites for hydroxylation is 1. The first-order chi connectivity index (χ1) is 8.54. The van der Waals surface area contributed by atoms with Gasteiger partial charge in [-0.15, -0.1) is 0 Å². The summed E-state index contributed by atoms with van der Waals surface area (Å²) in [6, 6.07) is 5.53. The van der Waals surface area contributed by atoms with Gasteiger partial charge in [0.2, 0.25) is 0 Å². The molecule has 1 N–H and O–H groups in total. The van der Waals surface area contributed by atoms with Crippen molar-refractivity contribution in [2.45, 2.75) is 33.4 Å². The fourth-order valence-corrected chi connectivity index (χ4v) is 1.61. The molecule has 0 saturated carbocycles. The molecular weight excluding hydrogens is 232 g/mol. The number of hydrogen-bond acceptors (Lipinski definition) is 4. The van der Waals surface area contributed by atoms with Gasteiger partial charge in [-0.2, -0.15) is 0 Å². The molecule has 0 spiro atoms. The van der Waals surface area contributed by atoms with Gasteiger partial charge in [-0.1, -0.05) is 12.1 Å². The minimum absolute atomic E-state index is 0.173. The fraction of sp³-hybridized carbons (Fsp3) is 0.538. The molecule has 1 aromatic rings. The van der Waals surface area contributed by atoms with E-state index in [0.29, 0.717) is 25.3 Å². The molecule has 0 aliphatic heterocycles. The molecule has 18 heavy (non-hydrogen) atoms. The maximum Gasteiger partial charge on any atom is 0.272 e. The zero-order valence-electron chi connectivity index (χ0n) is 11.1. The van der Waals surface area contributed by atoms with Crippen LogP contribution < -0.4 is 5.32 Å². The van der Waals surface area contributed by atoms with Gasteiger partial charge in [0.1, 0.15) is 0 Å². The summed E-state index contributed by atoms with van der Waals surface area (Å²) in [5.74, 6) is 0. The lowest BCUT2D eigenvalue weighted by Crippen LogP contribution is -2.30. The summed E-state index contributed by atoms with van der Waals surface area (Å²) in [5.41, 5.74) is 1.77. The zero-order chi connectivity index (χ0) is 13.5. The Morgan fingerprint density at radius 3 is 2.83 bits per heavy atom. The summed E-state index contributed by atoms with van der Waals surface area (Å²) in [5, 5.41) is 14.1. The quantitative estimate of drug-likeness (QED) is 0.598. The van der Waals surface area contributed by atoms with Crippen molar-refractivity contribution in [2.24, 2.45) is 0 Å². The van der Waals surface area contributed by atoms with Crippen LogP contribution in [0.3, 0.4) is 0 Å². The van der Waals surface area contributed by atoms with Crippen LogP contribution in [0.1, 0.15) is 25.0 Å². The molecule has 0 radical (unpaired) electrons. The predicted octanol–water partition coefficient (Wildman–Crippen LogP) is 2.42. The molecule has 5 nitrogen and oxygen atoms in total. The lowest BCUT2D eigenvalue weighted by atomic mass is 10.1. The first-order valence-corrected chi connectivity index (χ1v) is 6.09. The molecule has 5 heteroatoms. The predicted molar refractivity (Wildman–Crippen MR) is 70.6 cm³/mol. The van der Waals surface area contributed by atoms with Crippen molar-refractivity contribution in [3.63, 3.8) is 0 Å². The van der Waals surface area contributed by atoms with Crippen LogP contribution in [0.15, 0.2) is 18.2 Å². The second-order valence-electron chi connectivity index (χ2n) is 4.32. The van der Waals surface area contributed by atoms with E-state index in [0.717, 1.165) is 5.56 Å². The Morgan fingerprint density at radius 1 is 1.50 bits per heavy atom. The van der Waals surface area contributed by atoms with Gasteiger partial charge in [0.25, 0.3) is 5.69 Å². The van der Waals surface area contributed by atoms with Gasteiger partial charge in [0.05, 0.1) is 11.5 Å². The number of benzene rings is 1. The molecule has 0 heterocycles. The minimum atomic E-state index is -0.345. The van der Waals surface area contributed by atoms with E-state index in [-0.39, 0.29) is 16.7 Å². The van der Waals surface area contributed by atoms with Gasteiger partial charge in [0.15, 0.2) is 0 Å². The highest BCUT2D eigenvalue weighted by atomic mass is 16.6. The number of rotatable bonds is 7. The lowest BCUT2D eigenvalue weighted by Gasteiger charge is -2.13. The Hall–Kier alpha value is -1.46. The molecule has 1 aromatic carbocycles. The van der Waals surface area contributed by atoms with E-state index in [4.69, 9.17) is 4.74 Å². The van der Waals surface area contributed by atoms with Gasteiger partial charge in [0, 0.05) is 30.8 Å². The molecule has 1 rings (SSSR count). The Bertz CT molecular complexity index is 407. The van der Waals surface area contributed by atoms with Crippen molar-refractivity contribution in [2.75, 3.05) is 13.2 Å². The van der Waals surface area contributed by atoms with Gasteiger partial charge in [-0.3, -0.25) is 10.1 Å². The van der Waals surface area contributed by atoms with Crippen molar-refractivity contribution in [3.8, 4) is 0 Å². The number of nitro benzene ring substituents is 1. The van der Waals surface area contributed by atoms with Crippen molar-refractivity contribution in [3.05, 3.63) is 39.4 Å². The van der Waals surface area contributed by atoms with Crippen molar-refractivity contribution in [1.82, 2.24) is 5.32 Å². The van der Waals surface area contributed by atoms with Crippen LogP contribution in [-0.4, -0.2) is 24.2 Å². The van der Waals surface area contributed by atoms with Crippen LogP contribution in [-0.2, 0) is 11.3 Å². The van der Waals surface area contributed by atoms with E-state index in [9.17, 15) is 10.1 Å². The number of ether oxygens (including phenoxy) is 1. The summed E-state index contributed by atoms with van der Waals surface area (Å²) in [6.45, 7) is 7.67. The van der Waals surface area contributed by atoms with Crippen molar-refractivity contribution in [1.29, 1.82) is 0 Å². The molecule has 100 valence electrons. The Labute approximate surface area is 107 Å². The average Bonchev–Trinajstić information content (AvgIpc) is 2.35. The fourth-order valence-electron chi connectivity index (χ4n) is 1.61. The normalized spacial score (nSPS) is 12.4. The lowest BCUT2D eigenvalue weighted by molar-refractivity contribution is -0.385. The summed E-state index contributed by atoms with van der Waals surface area (Å²) in [7, 11) is 0. The van der Waals surface area contributed by atoms with Crippen LogP contribution in [0.2, 0.25) is 0 Å². The summed E-state index contributed by atoms with van der Waals surface area (Å²) < 4.78 is 5.29. The molecule has 0 bridgehead atoms. The van der Waals surface area contributed by atoms with E-state index >= 15 is 0 Å². The molecule has 0 saturated heterocycles. The van der Waals surface area contributed by atoms with Crippen LogP contribution in [0, 0.1) is 17.0 Å². The van der Waals surface area contributed by atoms with Crippen LogP contribution in [0.5, 0.6) is 0 Å². The Kier molecular flexibility index (Phi) is 5.74. The number of nitro groups is 1. The van der Waals surface area contributed by atoms with E-state index in [1.54, 1.807) is 19.1 Å². The number of nitrogens with one attached hydrogen (secondary N) is 1. The number of hydrogen-bond donors (Lipinski definition) is 1. The topological polar surface area (TPSA) is 64.4 Å². The first kappa shape index (κ1) is 14.6. The Morgan fingerprint density at radius 2 is 2.22 bits per heavy atom. The number of nitrogens with zero attached hydrogens (tertiary/aromatic N) is 1. The molecule has 0 aromatic heterocycles. The smallest absolute Gasteiger partial charge is 0.272 e. The molecule has 0 fully saturated rings. The van der Waals surface area contributed by atoms with Gasteiger partial charge in [-0.05, 0) is 26.3 Å². The second-order valence-corrected chi connectivity index (χ2v) is 4.32. The average molecular weight is 252 g/mol. The largest absolute Gasteiger partial charge is 0.380 e. The summed E-state index contributed by atoms with van der Waals surface area (Å²) in [4.78, 5) is 10.5. The molecule has 1 atom stereocenters. The van der Waals surface area contributed by atoms with E-state index < -0.39 is 0 Å². The van der Waals surface area contributed by atoms with Gasteiger partial charge in [-0.25, -0.2) is 0 Å². The maximum atomic E-state index is 10.8. The highest BCUT2D eigenvalue weighted by Crippen LogP contribution is 2.19. The summed E-state index contributed by atoms with van der Waals surface area (Å²) >= 11 is 0. The van der Waals surface area contributed by atoms with Crippen molar-refractivity contribution >= 4 is 5.69 Å². The Balaban J connectivity index is 2.57. The monoisotopic (exact) mass is 252 g/mol. The maximum absolute atomic E-state index is 10.8. The third-order valence-electron chi connectivity index (χ3n) is 2.70. The van der Waals surface area contributed by atoms with E-state index in [2.05, 4.69) is 5.32 Å². The third kappa shape index (κ3) is 4.43. The first-order valence-electron chi connectivity index (χ1n) is 6.09. The van der Waals surface area contributed by atoms with Crippen LogP contribution in [0.25, 0.3) is 0 Å². The van der Waals surface area contributed by atoms with Crippen LogP contribution >= 0.6 is 0 Å². The molecule has 1 unspecified atom stereocenters. The van der Waals surface area contributed by atoms with E-state index in [1.165, 1.54) is 0 Å². The van der Waals surface area contributed by atoms with Crippen molar-refractivity contribution < 1.29 is 9.66 Å². The second kappa shape index (κ2) is 7.08. The van der Waals surface area contributed by atoms with E-state index in [1.807, 2.05) is 19.9 Å². The zero-order valence-corrected chi connectivity index (χ0v) is 11.1. The SMILES string of the molecule is CCOCC(C)NCc1ccc(C)c([N+](=O)[O-])c1. The summed E-state index contributed by atoms with van der Waals surface area (Å²) in [6.07, 6.45) is 0. The minimum Gasteiger partial charge on any atom is -0.380 e. The van der Waals surface area contributed by atoms with Gasteiger partial charge >= 0.3 is 0 Å². The molecule has 0 aliphatic rings. The third-order valence-corrected chi connectivity index (χ3v) is 2.70. The molecular formula is C13H20N2O3. The standard InChI is InChI=1S/C13H20N2O3/c1-4-18-9-11(3)14-8-12-6-5-10(2)13(7-12)15(16)17/h5-7,11,14H,4,8-9H2,1-3H3. The van der Waals surface area contributed by atoms with Gasteiger partial charge < -0.3 is 10.1 Å². The molecule has 0 aliphatic carbocycles. The molecule has 0 amide bonds. The highest BCUT2D eigenvalue weighted by molar-refractivity contribution is 5.42.